The van der Waals surface area contributed by atoms with E-state index in [0.29, 0.717) is 6.42 Å². The Morgan fingerprint density at radius 2 is 1.69 bits per heavy atom. The molecule has 0 saturated carbocycles. The Hall–Kier alpha value is -0.280. The number of esters is 1. The fraction of sp³-hybridized carbons (Fsp3) is 0.917. The first kappa shape index (κ1) is 15.7. The zero-order valence-electron chi connectivity index (χ0n) is 10.8. The van der Waals surface area contributed by atoms with E-state index in [9.17, 15) is 4.79 Å². The lowest BCUT2D eigenvalue weighted by molar-refractivity contribution is -0.923. The maximum absolute atomic E-state index is 11.1. The van der Waals surface area contributed by atoms with Crippen molar-refractivity contribution in [3.8, 4) is 0 Å². The van der Waals surface area contributed by atoms with Gasteiger partial charge in [-0.25, -0.2) is 0 Å². The summed E-state index contributed by atoms with van der Waals surface area (Å²) in [5.41, 5.74) is 0. The number of unbranched alkanes of at least 4 members (excludes halogenated alkanes) is 1. The molecule has 0 amide bonds. The van der Waals surface area contributed by atoms with Gasteiger partial charge in [0.25, 0.3) is 0 Å². The van der Waals surface area contributed by atoms with E-state index in [2.05, 4.69) is 25.5 Å². The molecular formula is C12H25ClNO2+. The minimum atomic E-state index is -0.183. The molecule has 0 rings (SSSR count). The van der Waals surface area contributed by atoms with E-state index in [0.717, 1.165) is 23.9 Å². The highest BCUT2D eigenvalue weighted by Gasteiger charge is 2.19. The molecule has 0 spiro atoms. The number of rotatable bonds is 9. The largest absolute Gasteiger partial charge is 0.449 e. The number of hydrogen-bond acceptors (Lipinski definition) is 2. The van der Waals surface area contributed by atoms with Crippen molar-refractivity contribution in [1.82, 2.24) is 0 Å². The SMILES string of the molecule is CC[N+](CC)(CC)CCCCC(=O)OCCl. The van der Waals surface area contributed by atoms with Crippen molar-refractivity contribution in [3.63, 3.8) is 0 Å². The molecule has 0 atom stereocenters. The maximum Gasteiger partial charge on any atom is 0.306 e. The summed E-state index contributed by atoms with van der Waals surface area (Å²) in [6.07, 6.45) is 2.46. The van der Waals surface area contributed by atoms with Gasteiger partial charge in [-0.3, -0.25) is 4.79 Å². The van der Waals surface area contributed by atoms with E-state index in [4.69, 9.17) is 11.6 Å². The van der Waals surface area contributed by atoms with Crippen molar-refractivity contribution in [3.05, 3.63) is 0 Å². The summed E-state index contributed by atoms with van der Waals surface area (Å²) in [5, 5.41) is 0. The van der Waals surface area contributed by atoms with E-state index in [1.165, 1.54) is 19.6 Å². The van der Waals surface area contributed by atoms with E-state index in [-0.39, 0.29) is 12.0 Å². The Bertz CT molecular complexity index is 185. The summed E-state index contributed by atoms with van der Waals surface area (Å²) in [6.45, 7) is 11.3. The molecule has 0 N–H and O–H groups in total. The van der Waals surface area contributed by atoms with Gasteiger partial charge in [0.15, 0.2) is 6.07 Å². The molecule has 0 radical (unpaired) electrons. The highest BCUT2D eigenvalue weighted by Crippen LogP contribution is 2.10. The second-order valence-corrected chi connectivity index (χ2v) is 4.31. The molecule has 96 valence electrons. The molecule has 0 aliphatic carbocycles. The molecule has 0 saturated heterocycles. The summed E-state index contributed by atoms with van der Waals surface area (Å²) in [7, 11) is 0. The van der Waals surface area contributed by atoms with Crippen molar-refractivity contribution < 1.29 is 14.0 Å². The summed E-state index contributed by atoms with van der Waals surface area (Å²) in [4.78, 5) is 11.1. The average molecular weight is 251 g/mol. The smallest absolute Gasteiger partial charge is 0.306 e. The number of alkyl halides is 1. The van der Waals surface area contributed by atoms with Crippen LogP contribution in [0.15, 0.2) is 0 Å². The minimum Gasteiger partial charge on any atom is -0.449 e. The number of carbonyl (C=O) groups is 1. The predicted molar refractivity (Wildman–Crippen MR) is 67.4 cm³/mol. The van der Waals surface area contributed by atoms with Gasteiger partial charge in [0, 0.05) is 6.42 Å². The summed E-state index contributed by atoms with van der Waals surface area (Å²) >= 11 is 5.30. The highest BCUT2D eigenvalue weighted by atomic mass is 35.5. The molecule has 0 fully saturated rings. The van der Waals surface area contributed by atoms with Crippen LogP contribution < -0.4 is 0 Å². The fourth-order valence-electron chi connectivity index (χ4n) is 1.99. The van der Waals surface area contributed by atoms with Crippen LogP contribution in [0, 0.1) is 0 Å². The van der Waals surface area contributed by atoms with Crippen LogP contribution in [-0.4, -0.2) is 42.7 Å². The Morgan fingerprint density at radius 1 is 1.12 bits per heavy atom. The number of nitrogens with zero attached hydrogens (tertiary/aromatic N) is 1. The third-order valence-corrected chi connectivity index (χ3v) is 3.60. The van der Waals surface area contributed by atoms with Crippen molar-refractivity contribution >= 4 is 17.6 Å². The first-order chi connectivity index (χ1) is 7.64. The first-order valence-electron chi connectivity index (χ1n) is 6.20. The van der Waals surface area contributed by atoms with Crippen LogP contribution in [-0.2, 0) is 9.53 Å². The third kappa shape index (κ3) is 5.71. The molecule has 0 aliphatic heterocycles. The summed E-state index contributed by atoms with van der Waals surface area (Å²) in [5.74, 6) is -0.183. The number of halogens is 1. The number of hydrogen-bond donors (Lipinski definition) is 0. The average Bonchev–Trinajstić information content (AvgIpc) is 2.31. The number of carbonyl (C=O) groups excluding carboxylic acids is 1. The lowest BCUT2D eigenvalue weighted by Crippen LogP contribution is -2.48. The zero-order valence-corrected chi connectivity index (χ0v) is 11.6. The van der Waals surface area contributed by atoms with Gasteiger partial charge in [0.2, 0.25) is 0 Å². The van der Waals surface area contributed by atoms with Crippen molar-refractivity contribution in [2.45, 2.75) is 40.0 Å². The standard InChI is InChI=1S/C12H25ClNO2/c1-4-14(5-2,6-3)10-8-7-9-12(15)16-11-13/h4-11H2,1-3H3/q+1. The molecule has 4 heteroatoms. The van der Waals surface area contributed by atoms with Gasteiger partial charge in [-0.2, -0.15) is 0 Å². The summed E-state index contributed by atoms with van der Waals surface area (Å²) < 4.78 is 5.82. The van der Waals surface area contributed by atoms with Crippen LogP contribution in [0.5, 0.6) is 0 Å². The van der Waals surface area contributed by atoms with Crippen LogP contribution in [0.3, 0.4) is 0 Å². The molecule has 16 heavy (non-hydrogen) atoms. The van der Waals surface area contributed by atoms with Crippen molar-refractivity contribution in [2.75, 3.05) is 32.2 Å². The summed E-state index contributed by atoms with van der Waals surface area (Å²) in [6, 6.07) is -0.0300. The monoisotopic (exact) mass is 250 g/mol. The molecule has 0 aromatic heterocycles. The Morgan fingerprint density at radius 3 is 2.12 bits per heavy atom. The molecule has 0 aromatic rings. The normalized spacial score (nSPS) is 11.5. The van der Waals surface area contributed by atoms with Crippen molar-refractivity contribution in [2.24, 2.45) is 0 Å². The number of ether oxygens (including phenoxy) is 1. The van der Waals surface area contributed by atoms with E-state index in [1.807, 2.05) is 0 Å². The fourth-order valence-corrected chi connectivity index (χ4v) is 2.12. The lowest BCUT2D eigenvalue weighted by Gasteiger charge is -2.35. The van der Waals surface area contributed by atoms with Crippen molar-refractivity contribution in [1.29, 1.82) is 0 Å². The molecule has 0 heterocycles. The van der Waals surface area contributed by atoms with Gasteiger partial charge in [-0.15, -0.1) is 0 Å². The highest BCUT2D eigenvalue weighted by molar-refractivity contribution is 6.17. The molecule has 0 aliphatic rings. The van der Waals surface area contributed by atoms with E-state index >= 15 is 0 Å². The van der Waals surface area contributed by atoms with Crippen LogP contribution >= 0.6 is 11.6 Å². The van der Waals surface area contributed by atoms with Gasteiger partial charge in [-0.05, 0) is 33.6 Å². The number of quaternary nitrogens is 1. The first-order valence-corrected chi connectivity index (χ1v) is 6.74. The van der Waals surface area contributed by atoms with Crippen LogP contribution in [0.1, 0.15) is 40.0 Å². The van der Waals surface area contributed by atoms with Crippen LogP contribution in [0.4, 0.5) is 0 Å². The van der Waals surface area contributed by atoms with E-state index < -0.39 is 0 Å². The van der Waals surface area contributed by atoms with E-state index in [1.54, 1.807) is 0 Å². The maximum atomic E-state index is 11.1. The molecule has 0 bridgehead atoms. The van der Waals surface area contributed by atoms with Gasteiger partial charge in [0.1, 0.15) is 0 Å². The van der Waals surface area contributed by atoms with Crippen LogP contribution in [0.25, 0.3) is 0 Å². The Labute approximate surface area is 104 Å². The quantitative estimate of drug-likeness (QED) is 0.272. The molecular weight excluding hydrogens is 226 g/mol. The predicted octanol–water partition coefficient (Wildman–Crippen LogP) is 2.77. The third-order valence-electron chi connectivity index (χ3n) is 3.49. The Kier molecular flexibility index (Phi) is 8.67. The molecule has 0 aromatic carbocycles. The van der Waals surface area contributed by atoms with Gasteiger partial charge < -0.3 is 9.22 Å². The Balaban J connectivity index is 3.74. The second-order valence-electron chi connectivity index (χ2n) is 4.10. The van der Waals surface area contributed by atoms with Gasteiger partial charge >= 0.3 is 5.97 Å². The van der Waals surface area contributed by atoms with Gasteiger partial charge in [0.05, 0.1) is 26.2 Å². The second kappa shape index (κ2) is 8.82. The zero-order chi connectivity index (χ0) is 12.4. The van der Waals surface area contributed by atoms with Gasteiger partial charge in [-0.1, -0.05) is 11.6 Å². The lowest BCUT2D eigenvalue weighted by atomic mass is 10.2. The van der Waals surface area contributed by atoms with Crippen LogP contribution in [0.2, 0.25) is 0 Å². The minimum absolute atomic E-state index is 0.0300. The molecule has 3 nitrogen and oxygen atoms in total. The topological polar surface area (TPSA) is 26.3 Å². The molecule has 0 unspecified atom stereocenters.